The Bertz CT molecular complexity index is 1790. The molecule has 3 aliphatic rings. The van der Waals surface area contributed by atoms with E-state index in [0.29, 0.717) is 12.8 Å². The molecule has 0 aromatic rings. The van der Waals surface area contributed by atoms with E-state index >= 15 is 0 Å². The lowest BCUT2D eigenvalue weighted by Gasteiger charge is -2.48. The Morgan fingerprint density at radius 2 is 0.727 bits per heavy atom. The van der Waals surface area contributed by atoms with Crippen molar-refractivity contribution in [1.29, 1.82) is 0 Å². The molecular formula is C69H125NO18. The number of carbonyl (C=O) groups is 1. The van der Waals surface area contributed by atoms with Crippen molar-refractivity contribution >= 4 is 5.91 Å². The second kappa shape index (κ2) is 51.2. The zero-order valence-electron chi connectivity index (χ0n) is 54.2. The topological polar surface area (TPSA) is 307 Å². The van der Waals surface area contributed by atoms with Crippen molar-refractivity contribution < 1.29 is 89.4 Å². The van der Waals surface area contributed by atoms with Crippen molar-refractivity contribution in [2.75, 3.05) is 26.4 Å². The van der Waals surface area contributed by atoms with Gasteiger partial charge < -0.3 is 89.9 Å². The Morgan fingerprint density at radius 3 is 1.14 bits per heavy atom. The van der Waals surface area contributed by atoms with Gasteiger partial charge in [0.15, 0.2) is 18.9 Å². The van der Waals surface area contributed by atoms with Crippen molar-refractivity contribution in [3.05, 3.63) is 48.6 Å². The third kappa shape index (κ3) is 33.0. The molecule has 0 aromatic heterocycles. The minimum Gasteiger partial charge on any atom is -0.394 e. The van der Waals surface area contributed by atoms with Gasteiger partial charge in [-0.15, -0.1) is 0 Å². The number of amides is 1. The van der Waals surface area contributed by atoms with Gasteiger partial charge in [0.25, 0.3) is 0 Å². The van der Waals surface area contributed by atoms with Crippen molar-refractivity contribution in [2.45, 2.75) is 356 Å². The zero-order chi connectivity index (χ0) is 64.0. The van der Waals surface area contributed by atoms with Crippen molar-refractivity contribution in [3.63, 3.8) is 0 Å². The molecule has 0 spiro atoms. The van der Waals surface area contributed by atoms with E-state index in [0.717, 1.165) is 64.2 Å². The minimum atomic E-state index is -1.98. The summed E-state index contributed by atoms with van der Waals surface area (Å²) in [7, 11) is 0. The van der Waals surface area contributed by atoms with Crippen molar-refractivity contribution in [2.24, 2.45) is 0 Å². The highest BCUT2D eigenvalue weighted by Gasteiger charge is 2.53. The van der Waals surface area contributed by atoms with Gasteiger partial charge in [-0.2, -0.15) is 0 Å². The maximum absolute atomic E-state index is 13.4. The van der Waals surface area contributed by atoms with E-state index in [1.165, 1.54) is 154 Å². The van der Waals surface area contributed by atoms with Crippen molar-refractivity contribution in [3.8, 4) is 0 Å². The van der Waals surface area contributed by atoms with E-state index in [9.17, 15) is 61.0 Å². The summed E-state index contributed by atoms with van der Waals surface area (Å²) in [4.78, 5) is 13.4. The lowest BCUT2D eigenvalue weighted by Crippen LogP contribution is -2.66. The van der Waals surface area contributed by atoms with Crippen LogP contribution in [0.1, 0.15) is 251 Å². The molecule has 0 aliphatic carbocycles. The average molecular weight is 1260 g/mol. The summed E-state index contributed by atoms with van der Waals surface area (Å²) in [6, 6.07) is -1.00. The molecule has 0 saturated carbocycles. The predicted molar refractivity (Wildman–Crippen MR) is 342 cm³/mol. The second-order valence-electron chi connectivity index (χ2n) is 25.0. The maximum atomic E-state index is 13.4. The number of allylic oxidation sites excluding steroid dienone is 7. The summed E-state index contributed by atoms with van der Waals surface area (Å²) in [5.74, 6) is -0.298. The zero-order valence-corrected chi connectivity index (χ0v) is 54.2. The summed E-state index contributed by atoms with van der Waals surface area (Å²) in [6.07, 6.45) is 33.9. The minimum absolute atomic E-state index is 0.221. The first-order valence-corrected chi connectivity index (χ1v) is 34.9. The summed E-state index contributed by atoms with van der Waals surface area (Å²) < 4.78 is 34.3. The molecule has 514 valence electrons. The van der Waals surface area contributed by atoms with Crippen LogP contribution in [0.15, 0.2) is 48.6 Å². The average Bonchev–Trinajstić information content (AvgIpc) is 3.72. The van der Waals surface area contributed by atoms with Crippen LogP contribution < -0.4 is 5.32 Å². The second-order valence-corrected chi connectivity index (χ2v) is 25.0. The Balaban J connectivity index is 1.45. The van der Waals surface area contributed by atoms with Crippen LogP contribution in [-0.4, -0.2) is 193 Å². The molecule has 88 heavy (non-hydrogen) atoms. The van der Waals surface area contributed by atoms with E-state index in [-0.39, 0.29) is 18.9 Å². The molecule has 3 saturated heterocycles. The number of hydrogen-bond acceptors (Lipinski definition) is 18. The van der Waals surface area contributed by atoms with Crippen LogP contribution in [0.4, 0.5) is 0 Å². The fourth-order valence-corrected chi connectivity index (χ4v) is 11.6. The SMILES string of the molecule is CCCCCCCCC/C=C\CCCCCCCC(=O)NC(COC1OC(CO)C(OC2OC(CO)C(OC3OC(CO)C(O)C(O)C3O)C(O)C2O)C(O)C1O)C(O)/C=C/CC/C=C/CC/C=C/CCCCCCCCCCCCCCCCCCC. The normalized spacial score (nSPS) is 28.7. The Kier molecular flexibility index (Phi) is 46.5. The van der Waals surface area contributed by atoms with Gasteiger partial charge in [-0.1, -0.05) is 223 Å². The summed E-state index contributed by atoms with van der Waals surface area (Å²) in [6.45, 7) is 1.71. The number of aliphatic hydroxyl groups is 11. The highest BCUT2D eigenvalue weighted by atomic mass is 16.8. The summed E-state index contributed by atoms with van der Waals surface area (Å²) in [5.41, 5.74) is 0. The molecular weight excluding hydrogens is 1130 g/mol. The van der Waals surface area contributed by atoms with E-state index in [1.54, 1.807) is 6.08 Å². The maximum Gasteiger partial charge on any atom is 0.220 e. The number of rotatable bonds is 53. The van der Waals surface area contributed by atoms with Crippen LogP contribution in [0, 0.1) is 0 Å². The Labute approximate surface area is 529 Å². The van der Waals surface area contributed by atoms with Gasteiger partial charge in [0.05, 0.1) is 38.6 Å². The van der Waals surface area contributed by atoms with Gasteiger partial charge in [-0.25, -0.2) is 0 Å². The van der Waals surface area contributed by atoms with Gasteiger partial charge in [0.2, 0.25) is 5.91 Å². The highest BCUT2D eigenvalue weighted by Crippen LogP contribution is 2.33. The number of unbranched alkanes of at least 4 members (excludes halogenated alkanes) is 31. The Morgan fingerprint density at radius 1 is 0.398 bits per heavy atom. The van der Waals surface area contributed by atoms with Gasteiger partial charge >= 0.3 is 0 Å². The molecule has 17 unspecified atom stereocenters. The molecule has 12 N–H and O–H groups in total. The number of carbonyl (C=O) groups excluding carboxylic acids is 1. The van der Waals surface area contributed by atoms with Crippen LogP contribution in [0.25, 0.3) is 0 Å². The molecule has 0 aromatic carbocycles. The molecule has 0 bridgehead atoms. The molecule has 3 rings (SSSR count). The van der Waals surface area contributed by atoms with Gasteiger partial charge in [0.1, 0.15) is 73.2 Å². The standard InChI is InChI=1S/C69H125NO18/c1-3-5-7-9-11-13-15-17-19-21-22-23-24-25-26-27-28-29-30-31-32-34-36-38-40-42-44-46-53(74)52(70-57(75)47-45-43-41-39-37-35-33-20-18-16-14-12-10-8-6-4-2)51-83-67-63(81)60(78)65(55(49-72)85-67)88-69-64(82)61(79)66(56(50-73)86-69)87-68-62(80)59(77)58(76)54(48-71)84-68/h20,30-31,33,36,38,44,46,52-56,58-69,71-74,76-82H,3-19,21-29,32,34-35,37,39-43,45,47-51H2,1-2H3,(H,70,75)/b31-30+,33-20-,38-36+,46-44+. The molecule has 3 heterocycles. The Hall–Kier alpha value is -2.25. The van der Waals surface area contributed by atoms with Gasteiger partial charge in [0, 0.05) is 6.42 Å². The third-order valence-corrected chi connectivity index (χ3v) is 17.3. The van der Waals surface area contributed by atoms with Crippen LogP contribution >= 0.6 is 0 Å². The summed E-state index contributed by atoms with van der Waals surface area (Å²) in [5, 5.41) is 120. The quantitative estimate of drug-likeness (QED) is 0.0200. The van der Waals surface area contributed by atoms with Crippen LogP contribution in [0.5, 0.6) is 0 Å². The lowest BCUT2D eigenvalue weighted by molar-refractivity contribution is -0.379. The smallest absolute Gasteiger partial charge is 0.220 e. The fraction of sp³-hybridized carbons (Fsp3) is 0.870. The van der Waals surface area contributed by atoms with Crippen LogP contribution in [0.2, 0.25) is 0 Å². The van der Waals surface area contributed by atoms with Crippen molar-refractivity contribution in [1.82, 2.24) is 5.32 Å². The number of ether oxygens (including phenoxy) is 6. The first-order chi connectivity index (χ1) is 42.8. The van der Waals surface area contributed by atoms with Crippen LogP contribution in [-0.2, 0) is 33.2 Å². The molecule has 1 amide bonds. The molecule has 19 heteroatoms. The van der Waals surface area contributed by atoms with Gasteiger partial charge in [-0.05, 0) is 70.6 Å². The lowest BCUT2D eigenvalue weighted by atomic mass is 9.96. The molecule has 0 radical (unpaired) electrons. The molecule has 17 atom stereocenters. The molecule has 3 aliphatic heterocycles. The predicted octanol–water partition coefficient (Wildman–Crippen LogP) is 9.00. The third-order valence-electron chi connectivity index (χ3n) is 17.3. The number of nitrogens with one attached hydrogen (secondary N) is 1. The molecule has 19 nitrogen and oxygen atoms in total. The highest BCUT2D eigenvalue weighted by molar-refractivity contribution is 5.76. The monoisotopic (exact) mass is 1260 g/mol. The van der Waals surface area contributed by atoms with E-state index in [2.05, 4.69) is 55.6 Å². The van der Waals surface area contributed by atoms with Gasteiger partial charge in [-0.3, -0.25) is 4.79 Å². The fourth-order valence-electron chi connectivity index (χ4n) is 11.6. The molecule has 3 fully saturated rings. The summed E-state index contributed by atoms with van der Waals surface area (Å²) >= 11 is 0. The first kappa shape index (κ1) is 80.0. The van der Waals surface area contributed by atoms with E-state index in [4.69, 9.17) is 28.4 Å². The van der Waals surface area contributed by atoms with E-state index in [1.807, 2.05) is 6.08 Å². The number of hydrogen-bond donors (Lipinski definition) is 12. The first-order valence-electron chi connectivity index (χ1n) is 34.9. The largest absolute Gasteiger partial charge is 0.394 e. The van der Waals surface area contributed by atoms with E-state index < -0.39 is 124 Å². The van der Waals surface area contributed by atoms with Crippen LogP contribution in [0.3, 0.4) is 0 Å². The number of aliphatic hydroxyl groups excluding tert-OH is 11.